The molecule has 1 amide bonds. The molecular weight excluding hydrogens is 340 g/mol. The third kappa shape index (κ3) is 5.22. The summed E-state index contributed by atoms with van der Waals surface area (Å²) < 4.78 is 5.80. The first kappa shape index (κ1) is 19.2. The molecule has 0 radical (unpaired) electrons. The van der Waals surface area contributed by atoms with Crippen LogP contribution in [-0.4, -0.2) is 35.0 Å². The summed E-state index contributed by atoms with van der Waals surface area (Å²) >= 11 is 0. The van der Waals surface area contributed by atoms with E-state index in [-0.39, 0.29) is 11.5 Å². The maximum atomic E-state index is 12.6. The number of nitrogens with zero attached hydrogens (tertiary/aromatic N) is 1. The van der Waals surface area contributed by atoms with Gasteiger partial charge in [0.2, 0.25) is 11.5 Å². The Hall–Kier alpha value is -2.56. The SMILES string of the molecule is C=CCN(C(=O)CCCOc1ccc2[nH]c(=O)ccc2c1)C1CCCCC1. The van der Waals surface area contributed by atoms with E-state index in [9.17, 15) is 9.59 Å². The van der Waals surface area contributed by atoms with Crippen LogP contribution in [0.5, 0.6) is 5.75 Å². The number of hydrogen-bond acceptors (Lipinski definition) is 3. The second kappa shape index (κ2) is 9.40. The molecule has 144 valence electrons. The predicted octanol–water partition coefficient (Wildman–Crippen LogP) is 4.03. The topological polar surface area (TPSA) is 62.4 Å². The average Bonchev–Trinajstić information content (AvgIpc) is 2.70. The zero-order valence-electron chi connectivity index (χ0n) is 15.8. The number of carbonyl (C=O) groups excluding carboxylic acids is 1. The molecule has 2 aromatic rings. The van der Waals surface area contributed by atoms with Crippen molar-refractivity contribution in [2.75, 3.05) is 13.2 Å². The van der Waals surface area contributed by atoms with Crippen LogP contribution in [0.3, 0.4) is 0 Å². The summed E-state index contributed by atoms with van der Waals surface area (Å²) in [6.07, 6.45) is 8.91. The largest absolute Gasteiger partial charge is 0.494 e. The van der Waals surface area contributed by atoms with Gasteiger partial charge < -0.3 is 14.6 Å². The summed E-state index contributed by atoms with van der Waals surface area (Å²) in [6, 6.07) is 9.23. The summed E-state index contributed by atoms with van der Waals surface area (Å²) in [7, 11) is 0. The Labute approximate surface area is 160 Å². The average molecular weight is 368 g/mol. The van der Waals surface area contributed by atoms with Gasteiger partial charge in [-0.15, -0.1) is 6.58 Å². The maximum Gasteiger partial charge on any atom is 0.248 e. The van der Waals surface area contributed by atoms with Gasteiger partial charge in [0.1, 0.15) is 5.75 Å². The normalized spacial score (nSPS) is 14.8. The smallest absolute Gasteiger partial charge is 0.248 e. The number of fused-ring (bicyclic) bond motifs is 1. The first-order valence-electron chi connectivity index (χ1n) is 9.83. The Bertz CT molecular complexity index is 837. The fourth-order valence-electron chi connectivity index (χ4n) is 3.77. The van der Waals surface area contributed by atoms with Gasteiger partial charge in [-0.05, 0) is 43.5 Å². The number of aromatic nitrogens is 1. The van der Waals surface area contributed by atoms with Crippen LogP contribution in [0.15, 0.2) is 47.8 Å². The van der Waals surface area contributed by atoms with E-state index < -0.39 is 0 Å². The van der Waals surface area contributed by atoms with Crippen LogP contribution >= 0.6 is 0 Å². The minimum absolute atomic E-state index is 0.114. The Morgan fingerprint density at radius 3 is 2.81 bits per heavy atom. The maximum absolute atomic E-state index is 12.6. The molecule has 3 rings (SSSR count). The predicted molar refractivity (Wildman–Crippen MR) is 108 cm³/mol. The van der Waals surface area contributed by atoms with E-state index in [1.807, 2.05) is 29.2 Å². The molecular formula is C22H28N2O3. The minimum atomic E-state index is -0.114. The van der Waals surface area contributed by atoms with Gasteiger partial charge in [0.05, 0.1) is 6.61 Å². The number of H-pyrrole nitrogens is 1. The van der Waals surface area contributed by atoms with Crippen LogP contribution in [0.4, 0.5) is 0 Å². The van der Waals surface area contributed by atoms with E-state index in [2.05, 4.69) is 11.6 Å². The molecule has 5 heteroatoms. The first-order chi connectivity index (χ1) is 13.2. The number of ether oxygens (including phenoxy) is 1. The molecule has 1 heterocycles. The quantitative estimate of drug-likeness (QED) is 0.565. The van der Waals surface area contributed by atoms with Gasteiger partial charge in [0.25, 0.3) is 0 Å². The first-order valence-corrected chi connectivity index (χ1v) is 9.83. The van der Waals surface area contributed by atoms with Crippen molar-refractivity contribution in [1.82, 2.24) is 9.88 Å². The number of pyridine rings is 1. The highest BCUT2D eigenvalue weighted by molar-refractivity contribution is 5.79. The molecule has 0 bridgehead atoms. The standard InChI is InChI=1S/C22H28N2O3/c1-2-14-24(18-7-4-3-5-8-18)22(26)9-6-15-27-19-11-12-20-17(16-19)10-13-21(25)23-20/h2,10-13,16,18H,1,3-9,14-15H2,(H,23,25). The highest BCUT2D eigenvalue weighted by atomic mass is 16.5. The highest BCUT2D eigenvalue weighted by Gasteiger charge is 2.23. The molecule has 0 spiro atoms. The van der Waals surface area contributed by atoms with Crippen LogP contribution in [-0.2, 0) is 4.79 Å². The summed E-state index contributed by atoms with van der Waals surface area (Å²) in [5.41, 5.74) is 0.675. The lowest BCUT2D eigenvalue weighted by Crippen LogP contribution is -2.41. The second-order valence-corrected chi connectivity index (χ2v) is 7.15. The van der Waals surface area contributed by atoms with E-state index in [0.717, 1.165) is 29.5 Å². The van der Waals surface area contributed by atoms with Gasteiger partial charge in [0, 0.05) is 36.0 Å². The molecule has 1 aromatic heterocycles. The lowest BCUT2D eigenvalue weighted by molar-refractivity contribution is -0.133. The van der Waals surface area contributed by atoms with E-state index in [0.29, 0.717) is 32.0 Å². The summed E-state index contributed by atoms with van der Waals surface area (Å²) in [5, 5.41) is 0.928. The fraction of sp³-hybridized carbons (Fsp3) is 0.455. The zero-order valence-corrected chi connectivity index (χ0v) is 15.8. The summed E-state index contributed by atoms with van der Waals surface area (Å²) in [5.74, 6) is 0.943. The number of aromatic amines is 1. The highest BCUT2D eigenvalue weighted by Crippen LogP contribution is 2.23. The summed E-state index contributed by atoms with van der Waals surface area (Å²) in [6.45, 7) is 4.93. The molecule has 1 aliphatic rings. The van der Waals surface area contributed by atoms with Gasteiger partial charge in [-0.25, -0.2) is 0 Å². The Morgan fingerprint density at radius 2 is 2.04 bits per heavy atom. The van der Waals surface area contributed by atoms with E-state index in [1.165, 1.54) is 25.3 Å². The van der Waals surface area contributed by atoms with Crippen LogP contribution in [0, 0.1) is 0 Å². The molecule has 5 nitrogen and oxygen atoms in total. The monoisotopic (exact) mass is 368 g/mol. The molecule has 1 N–H and O–H groups in total. The molecule has 0 aliphatic heterocycles. The zero-order chi connectivity index (χ0) is 19.1. The Balaban J connectivity index is 1.49. The lowest BCUT2D eigenvalue weighted by Gasteiger charge is -2.33. The molecule has 0 atom stereocenters. The van der Waals surface area contributed by atoms with E-state index in [1.54, 1.807) is 6.07 Å². The Kier molecular flexibility index (Phi) is 6.69. The van der Waals surface area contributed by atoms with Gasteiger partial charge >= 0.3 is 0 Å². The van der Waals surface area contributed by atoms with E-state index in [4.69, 9.17) is 4.74 Å². The van der Waals surface area contributed by atoms with Crippen LogP contribution < -0.4 is 10.3 Å². The number of nitrogens with one attached hydrogen (secondary N) is 1. The van der Waals surface area contributed by atoms with Gasteiger partial charge in [-0.1, -0.05) is 25.3 Å². The van der Waals surface area contributed by atoms with Crippen molar-refractivity contribution in [1.29, 1.82) is 0 Å². The molecule has 0 saturated heterocycles. The van der Waals surface area contributed by atoms with Crippen molar-refractivity contribution in [3.8, 4) is 5.75 Å². The molecule has 1 aliphatic carbocycles. The summed E-state index contributed by atoms with van der Waals surface area (Å²) in [4.78, 5) is 28.8. The second-order valence-electron chi connectivity index (χ2n) is 7.15. The Morgan fingerprint density at radius 1 is 1.22 bits per heavy atom. The van der Waals surface area contributed by atoms with Crippen LogP contribution in [0.2, 0.25) is 0 Å². The molecule has 27 heavy (non-hydrogen) atoms. The van der Waals surface area contributed by atoms with Crippen molar-refractivity contribution in [2.45, 2.75) is 51.0 Å². The number of hydrogen-bond donors (Lipinski definition) is 1. The van der Waals surface area contributed by atoms with Crippen molar-refractivity contribution < 1.29 is 9.53 Å². The number of rotatable bonds is 8. The number of amides is 1. The number of carbonyl (C=O) groups is 1. The molecule has 0 unspecified atom stereocenters. The van der Waals surface area contributed by atoms with Crippen molar-refractivity contribution in [3.05, 3.63) is 53.3 Å². The third-order valence-corrected chi connectivity index (χ3v) is 5.16. The van der Waals surface area contributed by atoms with Gasteiger partial charge in [0.15, 0.2) is 0 Å². The van der Waals surface area contributed by atoms with Gasteiger partial charge in [-0.3, -0.25) is 9.59 Å². The van der Waals surface area contributed by atoms with Crippen molar-refractivity contribution in [2.24, 2.45) is 0 Å². The van der Waals surface area contributed by atoms with Crippen LogP contribution in [0.1, 0.15) is 44.9 Å². The number of benzene rings is 1. The molecule has 1 saturated carbocycles. The van der Waals surface area contributed by atoms with Gasteiger partial charge in [-0.2, -0.15) is 0 Å². The van der Waals surface area contributed by atoms with Crippen LogP contribution in [0.25, 0.3) is 10.9 Å². The lowest BCUT2D eigenvalue weighted by atomic mass is 9.94. The van der Waals surface area contributed by atoms with Crippen molar-refractivity contribution in [3.63, 3.8) is 0 Å². The third-order valence-electron chi connectivity index (χ3n) is 5.16. The van der Waals surface area contributed by atoms with E-state index >= 15 is 0 Å². The molecule has 1 fully saturated rings. The molecule has 1 aromatic carbocycles. The van der Waals surface area contributed by atoms with Crippen molar-refractivity contribution >= 4 is 16.8 Å². The fourth-order valence-corrected chi connectivity index (χ4v) is 3.77. The minimum Gasteiger partial charge on any atom is -0.494 e.